The van der Waals surface area contributed by atoms with Gasteiger partial charge in [0.05, 0.1) is 18.5 Å². The molecule has 0 saturated carbocycles. The number of ether oxygens (including phenoxy) is 1. The standard InChI is InChI=1S/C26H30ClN5O2/c1-17-30-31-26-23(15-20(33)7-5-3-4-6-14-28)29-25(18-8-10-19(27)11-9-18)22-16-21(34-2)12-13-24(22)32(17)26/h8-13,16,23H,3-7,14-15,28H2,1-2H3/t23-/m0/s1. The fourth-order valence-electron chi connectivity index (χ4n) is 4.31. The van der Waals surface area contributed by atoms with Gasteiger partial charge in [-0.1, -0.05) is 36.6 Å². The largest absolute Gasteiger partial charge is 0.497 e. The first kappa shape index (κ1) is 24.1. The summed E-state index contributed by atoms with van der Waals surface area (Å²) < 4.78 is 7.51. The summed E-state index contributed by atoms with van der Waals surface area (Å²) >= 11 is 6.15. The number of rotatable bonds is 10. The maximum Gasteiger partial charge on any atom is 0.162 e. The van der Waals surface area contributed by atoms with Crippen LogP contribution in [0.25, 0.3) is 5.69 Å². The van der Waals surface area contributed by atoms with E-state index in [9.17, 15) is 4.79 Å². The molecule has 0 bridgehead atoms. The van der Waals surface area contributed by atoms with E-state index in [4.69, 9.17) is 27.1 Å². The topological polar surface area (TPSA) is 95.4 Å². The van der Waals surface area contributed by atoms with E-state index in [0.717, 1.165) is 59.8 Å². The van der Waals surface area contributed by atoms with Crippen molar-refractivity contribution in [2.75, 3.05) is 13.7 Å². The zero-order valence-corrected chi connectivity index (χ0v) is 20.4. The van der Waals surface area contributed by atoms with Gasteiger partial charge in [0.15, 0.2) is 5.82 Å². The number of benzene rings is 2. The van der Waals surface area contributed by atoms with E-state index in [1.807, 2.05) is 54.0 Å². The van der Waals surface area contributed by atoms with Gasteiger partial charge in [-0.2, -0.15) is 0 Å². The number of nitrogens with zero attached hydrogens (tertiary/aromatic N) is 4. The van der Waals surface area contributed by atoms with Gasteiger partial charge >= 0.3 is 0 Å². The highest BCUT2D eigenvalue weighted by Gasteiger charge is 2.29. The molecule has 0 radical (unpaired) electrons. The second-order valence-corrected chi connectivity index (χ2v) is 8.96. The summed E-state index contributed by atoms with van der Waals surface area (Å²) in [5.41, 5.74) is 9.05. The minimum atomic E-state index is -0.443. The molecule has 0 spiro atoms. The first-order chi connectivity index (χ1) is 16.5. The van der Waals surface area contributed by atoms with E-state index in [-0.39, 0.29) is 12.2 Å². The Labute approximate surface area is 205 Å². The number of carbonyl (C=O) groups is 1. The highest BCUT2D eigenvalue weighted by Crippen LogP contribution is 2.34. The lowest BCUT2D eigenvalue weighted by Crippen LogP contribution is -2.11. The molecular weight excluding hydrogens is 450 g/mol. The van der Waals surface area contributed by atoms with Crippen molar-refractivity contribution in [3.63, 3.8) is 0 Å². The third-order valence-electron chi connectivity index (χ3n) is 6.08. The molecule has 2 N–H and O–H groups in total. The van der Waals surface area contributed by atoms with Crippen molar-refractivity contribution in [1.29, 1.82) is 0 Å². The summed E-state index contributed by atoms with van der Waals surface area (Å²) in [4.78, 5) is 18.0. The first-order valence-electron chi connectivity index (χ1n) is 11.7. The number of aliphatic imine (C=N–C) groups is 1. The van der Waals surface area contributed by atoms with Crippen molar-refractivity contribution in [2.24, 2.45) is 10.7 Å². The Balaban J connectivity index is 1.74. The first-order valence-corrected chi connectivity index (χ1v) is 12.1. The van der Waals surface area contributed by atoms with Crippen LogP contribution in [0.1, 0.15) is 67.3 Å². The van der Waals surface area contributed by atoms with E-state index >= 15 is 0 Å². The van der Waals surface area contributed by atoms with Gasteiger partial charge in [0.2, 0.25) is 0 Å². The van der Waals surface area contributed by atoms with Gasteiger partial charge in [0, 0.05) is 29.0 Å². The molecular formula is C26H30ClN5O2. The van der Waals surface area contributed by atoms with Crippen molar-refractivity contribution >= 4 is 23.1 Å². The van der Waals surface area contributed by atoms with E-state index in [1.54, 1.807) is 7.11 Å². The third kappa shape index (κ3) is 5.21. The van der Waals surface area contributed by atoms with E-state index < -0.39 is 6.04 Å². The van der Waals surface area contributed by atoms with Crippen molar-refractivity contribution in [2.45, 2.75) is 51.5 Å². The lowest BCUT2D eigenvalue weighted by molar-refractivity contribution is -0.119. The van der Waals surface area contributed by atoms with Crippen LogP contribution in [-0.2, 0) is 4.79 Å². The van der Waals surface area contributed by atoms with E-state index in [0.29, 0.717) is 23.8 Å². The summed E-state index contributed by atoms with van der Waals surface area (Å²) in [5.74, 6) is 2.31. The molecule has 0 amide bonds. The fourth-order valence-corrected chi connectivity index (χ4v) is 4.44. The third-order valence-corrected chi connectivity index (χ3v) is 6.33. The number of methoxy groups -OCH3 is 1. The monoisotopic (exact) mass is 479 g/mol. The number of aromatic nitrogens is 3. The molecule has 1 aromatic heterocycles. The maximum absolute atomic E-state index is 12.9. The summed E-state index contributed by atoms with van der Waals surface area (Å²) in [5, 5.41) is 9.41. The Hall–Kier alpha value is -3.03. The number of nitrogens with two attached hydrogens (primary N) is 1. The van der Waals surface area contributed by atoms with Crippen LogP contribution < -0.4 is 10.5 Å². The average Bonchev–Trinajstić information content (AvgIpc) is 3.16. The van der Waals surface area contributed by atoms with Crippen LogP contribution >= 0.6 is 11.6 Å². The van der Waals surface area contributed by atoms with Gasteiger partial charge < -0.3 is 10.5 Å². The SMILES string of the molecule is COc1ccc2c(c1)C(c1ccc(Cl)cc1)=N[C@@H](CC(=O)CCCCCCN)c1nnc(C)n1-2. The highest BCUT2D eigenvalue weighted by molar-refractivity contribution is 6.30. The van der Waals surface area contributed by atoms with Gasteiger partial charge in [-0.3, -0.25) is 14.4 Å². The molecule has 2 heterocycles. The molecule has 34 heavy (non-hydrogen) atoms. The predicted octanol–water partition coefficient (Wildman–Crippen LogP) is 5.00. The fraction of sp³-hybridized carbons (Fsp3) is 0.385. The highest BCUT2D eigenvalue weighted by atomic mass is 35.5. The van der Waals surface area contributed by atoms with Crippen LogP contribution in [0.4, 0.5) is 0 Å². The van der Waals surface area contributed by atoms with Crippen molar-refractivity contribution in [3.8, 4) is 11.4 Å². The molecule has 1 aliphatic heterocycles. The van der Waals surface area contributed by atoms with E-state index in [1.165, 1.54) is 0 Å². The van der Waals surface area contributed by atoms with Crippen LogP contribution in [-0.4, -0.2) is 39.9 Å². The summed E-state index contributed by atoms with van der Waals surface area (Å²) in [6.07, 6.45) is 4.72. The molecule has 3 aromatic rings. The Morgan fingerprint density at radius 3 is 2.59 bits per heavy atom. The van der Waals surface area contributed by atoms with Gasteiger partial charge in [0.25, 0.3) is 0 Å². The smallest absolute Gasteiger partial charge is 0.162 e. The zero-order chi connectivity index (χ0) is 24.1. The quantitative estimate of drug-likeness (QED) is 0.413. The second-order valence-electron chi connectivity index (χ2n) is 8.52. The molecule has 1 aliphatic rings. The number of halogens is 1. The molecule has 2 aromatic carbocycles. The van der Waals surface area contributed by atoms with Crippen molar-refractivity contribution < 1.29 is 9.53 Å². The number of ketones is 1. The van der Waals surface area contributed by atoms with Gasteiger partial charge in [0.1, 0.15) is 23.4 Å². The molecule has 0 aliphatic carbocycles. The molecule has 1 atom stereocenters. The molecule has 0 saturated heterocycles. The Bertz CT molecular complexity index is 1190. The van der Waals surface area contributed by atoms with Crippen molar-refractivity contribution in [1.82, 2.24) is 14.8 Å². The number of aryl methyl sites for hydroxylation is 1. The minimum Gasteiger partial charge on any atom is -0.497 e. The number of unbranched alkanes of at least 4 members (excludes halogenated alkanes) is 3. The van der Waals surface area contributed by atoms with Crippen LogP contribution in [0.2, 0.25) is 5.02 Å². The number of hydrogen-bond acceptors (Lipinski definition) is 6. The number of fused-ring (bicyclic) bond motifs is 3. The van der Waals surface area contributed by atoms with Crippen molar-refractivity contribution in [3.05, 3.63) is 70.3 Å². The average molecular weight is 480 g/mol. The molecule has 8 heteroatoms. The maximum atomic E-state index is 12.9. The normalized spacial score (nSPS) is 14.7. The van der Waals surface area contributed by atoms with Gasteiger partial charge in [-0.15, -0.1) is 10.2 Å². The number of hydrogen-bond donors (Lipinski definition) is 1. The minimum absolute atomic E-state index is 0.174. The molecule has 7 nitrogen and oxygen atoms in total. The molecule has 178 valence electrons. The predicted molar refractivity (Wildman–Crippen MR) is 134 cm³/mol. The van der Waals surface area contributed by atoms with Crippen LogP contribution in [0.5, 0.6) is 5.75 Å². The lowest BCUT2D eigenvalue weighted by Gasteiger charge is -2.14. The zero-order valence-electron chi connectivity index (χ0n) is 19.6. The second kappa shape index (κ2) is 10.9. The summed E-state index contributed by atoms with van der Waals surface area (Å²) in [6.45, 7) is 2.60. The Kier molecular flexibility index (Phi) is 7.75. The van der Waals surface area contributed by atoms with Gasteiger partial charge in [-0.25, -0.2) is 0 Å². The number of Topliss-reactive ketones (excluding diaryl/α,β-unsaturated/α-hetero) is 1. The van der Waals surface area contributed by atoms with Crippen LogP contribution in [0.15, 0.2) is 47.5 Å². The summed E-state index contributed by atoms with van der Waals surface area (Å²) in [6, 6.07) is 13.0. The molecule has 4 rings (SSSR count). The summed E-state index contributed by atoms with van der Waals surface area (Å²) in [7, 11) is 1.64. The Morgan fingerprint density at radius 1 is 1.09 bits per heavy atom. The van der Waals surface area contributed by atoms with Gasteiger partial charge in [-0.05, 0) is 56.6 Å². The van der Waals surface area contributed by atoms with Crippen LogP contribution in [0, 0.1) is 6.92 Å². The van der Waals surface area contributed by atoms with E-state index in [2.05, 4.69) is 10.2 Å². The Morgan fingerprint density at radius 2 is 1.85 bits per heavy atom. The lowest BCUT2D eigenvalue weighted by atomic mass is 9.99. The molecule has 0 fully saturated rings. The van der Waals surface area contributed by atoms with Crippen LogP contribution in [0.3, 0.4) is 0 Å². The number of carbonyl (C=O) groups excluding carboxylic acids is 1. The molecule has 0 unspecified atom stereocenters.